The minimum atomic E-state index is 0.527. The Morgan fingerprint density at radius 2 is 2.38 bits per heavy atom. The van der Waals surface area contributed by atoms with Crippen molar-refractivity contribution in [1.82, 2.24) is 5.32 Å². The van der Waals surface area contributed by atoms with Gasteiger partial charge in [0.05, 0.1) is 11.6 Å². The van der Waals surface area contributed by atoms with Crippen molar-refractivity contribution in [3.05, 3.63) is 22.7 Å². The third-order valence-corrected chi connectivity index (χ3v) is 3.47. The van der Waals surface area contributed by atoms with Crippen LogP contribution >= 0.6 is 15.9 Å². The summed E-state index contributed by atoms with van der Waals surface area (Å²) in [7, 11) is 1.69. The highest BCUT2D eigenvalue weighted by atomic mass is 79.9. The molecule has 1 fully saturated rings. The number of benzene rings is 1. The van der Waals surface area contributed by atoms with Gasteiger partial charge in [-0.2, -0.15) is 0 Å². The van der Waals surface area contributed by atoms with E-state index in [-0.39, 0.29) is 0 Å². The molecule has 16 heavy (non-hydrogen) atoms. The van der Waals surface area contributed by atoms with Crippen molar-refractivity contribution in [2.75, 3.05) is 25.5 Å². The van der Waals surface area contributed by atoms with E-state index < -0.39 is 0 Å². The number of methoxy groups -OCH3 is 1. The van der Waals surface area contributed by atoms with Crippen LogP contribution in [-0.2, 0) is 0 Å². The largest absolute Gasteiger partial charge is 0.495 e. The van der Waals surface area contributed by atoms with E-state index in [0.717, 1.165) is 29.0 Å². The van der Waals surface area contributed by atoms with Crippen LogP contribution in [0.1, 0.15) is 12.8 Å². The summed E-state index contributed by atoms with van der Waals surface area (Å²) >= 11 is 3.45. The fourth-order valence-corrected chi connectivity index (χ4v) is 2.37. The molecule has 1 heterocycles. The first-order chi connectivity index (χ1) is 7.79. The van der Waals surface area contributed by atoms with Crippen molar-refractivity contribution in [3.63, 3.8) is 0 Å². The topological polar surface area (TPSA) is 33.3 Å². The molecule has 1 aliphatic rings. The van der Waals surface area contributed by atoms with E-state index in [0.29, 0.717) is 6.04 Å². The summed E-state index contributed by atoms with van der Waals surface area (Å²) in [5.41, 5.74) is 1.12. The van der Waals surface area contributed by atoms with E-state index in [9.17, 15) is 0 Å². The number of hydrogen-bond acceptors (Lipinski definition) is 3. The van der Waals surface area contributed by atoms with Crippen molar-refractivity contribution in [2.45, 2.75) is 18.9 Å². The van der Waals surface area contributed by atoms with Gasteiger partial charge in [-0.3, -0.25) is 0 Å². The molecule has 1 atom stereocenters. The highest BCUT2D eigenvalue weighted by molar-refractivity contribution is 9.10. The van der Waals surface area contributed by atoms with E-state index in [2.05, 4.69) is 32.6 Å². The van der Waals surface area contributed by atoms with E-state index in [1.54, 1.807) is 7.11 Å². The minimum absolute atomic E-state index is 0.527. The lowest BCUT2D eigenvalue weighted by atomic mass is 10.1. The molecule has 2 N–H and O–H groups in total. The molecule has 3 nitrogen and oxygen atoms in total. The van der Waals surface area contributed by atoms with Gasteiger partial charge in [0, 0.05) is 24.3 Å². The van der Waals surface area contributed by atoms with Crippen molar-refractivity contribution >= 4 is 21.6 Å². The maximum atomic E-state index is 5.27. The molecule has 1 unspecified atom stereocenters. The second-order valence-corrected chi connectivity index (χ2v) is 4.89. The quantitative estimate of drug-likeness (QED) is 0.895. The summed E-state index contributed by atoms with van der Waals surface area (Å²) in [6, 6.07) is 6.64. The van der Waals surface area contributed by atoms with E-state index in [4.69, 9.17) is 4.74 Å². The van der Waals surface area contributed by atoms with Crippen LogP contribution in [0.25, 0.3) is 0 Å². The zero-order valence-corrected chi connectivity index (χ0v) is 11.0. The lowest BCUT2D eigenvalue weighted by molar-refractivity contribution is 0.412. The first kappa shape index (κ1) is 11.7. The lowest BCUT2D eigenvalue weighted by Gasteiger charge is -2.25. The maximum Gasteiger partial charge on any atom is 0.135 e. The number of halogens is 1. The van der Waals surface area contributed by atoms with Crippen LogP contribution in [0.4, 0.5) is 5.69 Å². The standard InChI is InChI=1S/C12H17BrN2O/c1-16-12-7-9(4-5-11(12)13)15-10-3-2-6-14-8-10/h4-5,7,10,14-15H,2-3,6,8H2,1H3. The molecule has 0 bridgehead atoms. The predicted molar refractivity (Wildman–Crippen MR) is 70.2 cm³/mol. The summed E-state index contributed by atoms with van der Waals surface area (Å²) in [5.74, 6) is 0.869. The number of hydrogen-bond donors (Lipinski definition) is 2. The van der Waals surface area contributed by atoms with Crippen molar-refractivity contribution in [3.8, 4) is 5.75 Å². The molecule has 1 aliphatic heterocycles. The summed E-state index contributed by atoms with van der Waals surface area (Å²) < 4.78 is 6.26. The highest BCUT2D eigenvalue weighted by Gasteiger charge is 2.12. The maximum absolute atomic E-state index is 5.27. The first-order valence-corrected chi connectivity index (χ1v) is 6.39. The fourth-order valence-electron chi connectivity index (χ4n) is 1.96. The number of anilines is 1. The first-order valence-electron chi connectivity index (χ1n) is 5.60. The summed E-state index contributed by atoms with van der Waals surface area (Å²) in [6.45, 7) is 2.18. The molecule has 88 valence electrons. The minimum Gasteiger partial charge on any atom is -0.495 e. The fraction of sp³-hybridized carbons (Fsp3) is 0.500. The molecule has 0 aliphatic carbocycles. The molecular weight excluding hydrogens is 268 g/mol. The Morgan fingerprint density at radius 1 is 1.50 bits per heavy atom. The third-order valence-electron chi connectivity index (χ3n) is 2.82. The van der Waals surface area contributed by atoms with E-state index in [1.807, 2.05) is 12.1 Å². The molecule has 1 aromatic rings. The van der Waals surface area contributed by atoms with Gasteiger partial charge in [0.2, 0.25) is 0 Å². The number of nitrogens with one attached hydrogen (secondary N) is 2. The average molecular weight is 285 g/mol. The summed E-state index contributed by atoms with van der Waals surface area (Å²) in [4.78, 5) is 0. The number of piperidine rings is 1. The SMILES string of the molecule is COc1cc(NC2CCCNC2)ccc1Br. The molecule has 0 aromatic heterocycles. The molecular formula is C12H17BrN2O. The average Bonchev–Trinajstić information content (AvgIpc) is 2.33. The van der Waals surface area contributed by atoms with Gasteiger partial charge < -0.3 is 15.4 Å². The Hall–Kier alpha value is -0.740. The van der Waals surface area contributed by atoms with Crippen LogP contribution < -0.4 is 15.4 Å². The van der Waals surface area contributed by atoms with E-state index in [1.165, 1.54) is 12.8 Å². The van der Waals surface area contributed by atoms with Crippen LogP contribution in [0.15, 0.2) is 22.7 Å². The second-order valence-electron chi connectivity index (χ2n) is 4.04. The van der Waals surface area contributed by atoms with E-state index >= 15 is 0 Å². The van der Waals surface area contributed by atoms with Crippen molar-refractivity contribution < 1.29 is 4.74 Å². The normalized spacial score (nSPS) is 20.5. The zero-order valence-electron chi connectivity index (χ0n) is 9.42. The number of ether oxygens (including phenoxy) is 1. The van der Waals surface area contributed by atoms with Gasteiger partial charge in [-0.1, -0.05) is 0 Å². The summed E-state index contributed by atoms with van der Waals surface area (Å²) in [6.07, 6.45) is 2.47. The molecule has 0 radical (unpaired) electrons. The predicted octanol–water partition coefficient (Wildman–Crippen LogP) is 2.62. The Labute approximate surface area is 105 Å². The Kier molecular flexibility index (Phi) is 4.07. The van der Waals surface area contributed by atoms with Crippen LogP contribution in [0, 0.1) is 0 Å². The van der Waals surface area contributed by atoms with Gasteiger partial charge in [-0.25, -0.2) is 0 Å². The molecule has 0 amide bonds. The van der Waals surface area contributed by atoms with Crippen molar-refractivity contribution in [1.29, 1.82) is 0 Å². The molecule has 2 rings (SSSR count). The van der Waals surface area contributed by atoms with Gasteiger partial charge in [0.1, 0.15) is 5.75 Å². The number of rotatable bonds is 3. The van der Waals surface area contributed by atoms with Gasteiger partial charge in [-0.05, 0) is 47.4 Å². The summed E-state index contributed by atoms with van der Waals surface area (Å²) in [5, 5.41) is 6.91. The van der Waals surface area contributed by atoms with Crippen molar-refractivity contribution in [2.24, 2.45) is 0 Å². The second kappa shape index (κ2) is 5.55. The van der Waals surface area contributed by atoms with Crippen LogP contribution in [0.2, 0.25) is 0 Å². The van der Waals surface area contributed by atoms with Gasteiger partial charge in [0.15, 0.2) is 0 Å². The highest BCUT2D eigenvalue weighted by Crippen LogP contribution is 2.28. The zero-order chi connectivity index (χ0) is 11.4. The van der Waals surface area contributed by atoms with Gasteiger partial charge >= 0.3 is 0 Å². The molecule has 1 saturated heterocycles. The Morgan fingerprint density at radius 3 is 3.06 bits per heavy atom. The Bertz CT molecular complexity index is 351. The molecule has 4 heteroatoms. The lowest BCUT2D eigenvalue weighted by Crippen LogP contribution is -2.38. The third kappa shape index (κ3) is 2.89. The van der Waals surface area contributed by atoms with Gasteiger partial charge in [0.25, 0.3) is 0 Å². The van der Waals surface area contributed by atoms with Crippen LogP contribution in [0.3, 0.4) is 0 Å². The van der Waals surface area contributed by atoms with Crippen LogP contribution in [-0.4, -0.2) is 26.2 Å². The van der Waals surface area contributed by atoms with Gasteiger partial charge in [-0.15, -0.1) is 0 Å². The Balaban J connectivity index is 2.03. The molecule has 0 spiro atoms. The molecule has 0 saturated carbocycles. The monoisotopic (exact) mass is 284 g/mol. The smallest absolute Gasteiger partial charge is 0.135 e. The van der Waals surface area contributed by atoms with Crippen LogP contribution in [0.5, 0.6) is 5.75 Å². The molecule has 1 aromatic carbocycles.